The lowest BCUT2D eigenvalue weighted by molar-refractivity contribution is -0.127. The second-order valence-electron chi connectivity index (χ2n) is 6.39. The molecule has 1 aliphatic carbocycles. The smallest absolute Gasteiger partial charge is 0.244 e. The van der Waals surface area contributed by atoms with Gasteiger partial charge in [0.2, 0.25) is 5.91 Å². The van der Waals surface area contributed by atoms with Crippen LogP contribution >= 0.6 is 0 Å². The van der Waals surface area contributed by atoms with E-state index in [1.807, 2.05) is 30.3 Å². The van der Waals surface area contributed by atoms with E-state index in [9.17, 15) is 9.90 Å². The second kappa shape index (κ2) is 6.58. The Kier molecular flexibility index (Phi) is 5.01. The van der Waals surface area contributed by atoms with Gasteiger partial charge in [0.15, 0.2) is 0 Å². The van der Waals surface area contributed by atoms with Crippen LogP contribution in [-0.4, -0.2) is 23.2 Å². The summed E-state index contributed by atoms with van der Waals surface area (Å²) in [6, 6.07) is 9.32. The average Bonchev–Trinajstić information content (AvgIpc) is 2.71. The Morgan fingerprint density at radius 3 is 2.38 bits per heavy atom. The number of aliphatic hydroxyl groups is 1. The lowest BCUT2D eigenvalue weighted by Crippen LogP contribution is -2.53. The predicted molar refractivity (Wildman–Crippen MR) is 83.6 cm³/mol. The highest BCUT2D eigenvalue weighted by atomic mass is 16.3. The maximum absolute atomic E-state index is 12.4. The van der Waals surface area contributed by atoms with Crippen molar-refractivity contribution >= 4 is 5.91 Å². The fourth-order valence-electron chi connectivity index (χ4n) is 2.91. The zero-order chi connectivity index (χ0) is 15.3. The summed E-state index contributed by atoms with van der Waals surface area (Å²) in [5.74, 6) is -0.244. The van der Waals surface area contributed by atoms with Crippen LogP contribution < -0.4 is 11.1 Å². The first-order chi connectivity index (χ1) is 9.94. The van der Waals surface area contributed by atoms with Crippen molar-refractivity contribution in [2.45, 2.75) is 56.6 Å². The van der Waals surface area contributed by atoms with Crippen LogP contribution in [0.5, 0.6) is 0 Å². The van der Waals surface area contributed by atoms with Crippen LogP contribution in [0.3, 0.4) is 0 Å². The van der Waals surface area contributed by atoms with Crippen LogP contribution in [-0.2, 0) is 10.3 Å². The molecule has 0 spiro atoms. The molecule has 1 aromatic carbocycles. The van der Waals surface area contributed by atoms with Gasteiger partial charge in [0.1, 0.15) is 5.54 Å². The van der Waals surface area contributed by atoms with Gasteiger partial charge in [-0.2, -0.15) is 0 Å². The van der Waals surface area contributed by atoms with Crippen LogP contribution in [0.4, 0.5) is 0 Å². The van der Waals surface area contributed by atoms with Crippen molar-refractivity contribution in [3.05, 3.63) is 35.9 Å². The summed E-state index contributed by atoms with van der Waals surface area (Å²) in [6.45, 7) is 1.99. The predicted octanol–water partition coefficient (Wildman–Crippen LogP) is 2.06. The third-order valence-electron chi connectivity index (χ3n) is 4.46. The lowest BCUT2D eigenvalue weighted by atomic mass is 9.90. The SMILES string of the molecule is CC(N)(C(=O)NCC1(O)CCCCCC1)c1ccccc1. The van der Waals surface area contributed by atoms with Gasteiger partial charge in [0.05, 0.1) is 5.60 Å². The summed E-state index contributed by atoms with van der Waals surface area (Å²) in [5.41, 5.74) is 5.09. The summed E-state index contributed by atoms with van der Waals surface area (Å²) >= 11 is 0. The zero-order valence-corrected chi connectivity index (χ0v) is 12.8. The largest absolute Gasteiger partial charge is 0.388 e. The maximum Gasteiger partial charge on any atom is 0.244 e. The van der Waals surface area contributed by atoms with Crippen molar-refractivity contribution in [1.82, 2.24) is 5.32 Å². The molecular weight excluding hydrogens is 264 g/mol. The summed E-state index contributed by atoms with van der Waals surface area (Å²) in [6.07, 6.45) is 5.86. The first kappa shape index (κ1) is 16.0. The van der Waals surface area contributed by atoms with Gasteiger partial charge in [-0.3, -0.25) is 4.79 Å². The van der Waals surface area contributed by atoms with Crippen molar-refractivity contribution in [2.24, 2.45) is 5.73 Å². The van der Waals surface area contributed by atoms with E-state index < -0.39 is 11.1 Å². The Morgan fingerprint density at radius 2 is 1.81 bits per heavy atom. The Labute approximate surface area is 126 Å². The number of carbonyl (C=O) groups excluding carboxylic acids is 1. The quantitative estimate of drug-likeness (QED) is 0.743. The molecule has 2 rings (SSSR count). The number of rotatable bonds is 4. The van der Waals surface area contributed by atoms with E-state index in [-0.39, 0.29) is 12.5 Å². The van der Waals surface area contributed by atoms with Crippen molar-refractivity contribution < 1.29 is 9.90 Å². The van der Waals surface area contributed by atoms with E-state index in [1.54, 1.807) is 6.92 Å². The minimum Gasteiger partial charge on any atom is -0.388 e. The molecule has 1 saturated carbocycles. The number of nitrogens with one attached hydrogen (secondary N) is 1. The molecule has 0 aromatic heterocycles. The number of hydrogen-bond acceptors (Lipinski definition) is 3. The van der Waals surface area contributed by atoms with Crippen molar-refractivity contribution in [3.8, 4) is 0 Å². The molecule has 1 unspecified atom stereocenters. The topological polar surface area (TPSA) is 75.4 Å². The van der Waals surface area contributed by atoms with E-state index >= 15 is 0 Å². The molecule has 21 heavy (non-hydrogen) atoms. The summed E-state index contributed by atoms with van der Waals surface area (Å²) < 4.78 is 0. The number of hydrogen-bond donors (Lipinski definition) is 3. The van der Waals surface area contributed by atoms with E-state index in [0.717, 1.165) is 44.1 Å². The monoisotopic (exact) mass is 290 g/mol. The number of nitrogens with two attached hydrogens (primary N) is 1. The second-order valence-corrected chi connectivity index (χ2v) is 6.39. The molecule has 0 saturated heterocycles. The molecule has 0 bridgehead atoms. The first-order valence-corrected chi connectivity index (χ1v) is 7.79. The molecule has 0 aliphatic heterocycles. The molecule has 1 fully saturated rings. The molecule has 4 N–H and O–H groups in total. The summed E-state index contributed by atoms with van der Waals surface area (Å²) in [5, 5.41) is 13.4. The van der Waals surface area contributed by atoms with E-state index in [0.29, 0.717) is 0 Å². The molecule has 1 aliphatic rings. The van der Waals surface area contributed by atoms with Gasteiger partial charge in [-0.15, -0.1) is 0 Å². The average molecular weight is 290 g/mol. The summed E-state index contributed by atoms with van der Waals surface area (Å²) in [4.78, 5) is 12.4. The standard InChI is InChI=1S/C17H26N2O2/c1-16(18,14-9-5-4-6-10-14)15(20)19-13-17(21)11-7-2-3-8-12-17/h4-6,9-10,21H,2-3,7-8,11-13,18H2,1H3,(H,19,20). The molecule has 4 nitrogen and oxygen atoms in total. The number of benzene rings is 1. The molecular formula is C17H26N2O2. The van der Waals surface area contributed by atoms with Crippen LogP contribution in [0.15, 0.2) is 30.3 Å². The van der Waals surface area contributed by atoms with Crippen molar-refractivity contribution in [1.29, 1.82) is 0 Å². The normalized spacial score (nSPS) is 21.1. The van der Waals surface area contributed by atoms with Gasteiger partial charge in [0, 0.05) is 6.54 Å². The fourth-order valence-corrected chi connectivity index (χ4v) is 2.91. The van der Waals surface area contributed by atoms with Gasteiger partial charge in [-0.25, -0.2) is 0 Å². The molecule has 0 radical (unpaired) electrons. The van der Waals surface area contributed by atoms with Gasteiger partial charge < -0.3 is 16.2 Å². The van der Waals surface area contributed by atoms with E-state index in [4.69, 9.17) is 5.73 Å². The van der Waals surface area contributed by atoms with E-state index in [2.05, 4.69) is 5.32 Å². The maximum atomic E-state index is 12.4. The Balaban J connectivity index is 1.97. The van der Waals surface area contributed by atoms with E-state index in [1.165, 1.54) is 0 Å². The highest BCUT2D eigenvalue weighted by Gasteiger charge is 2.33. The number of carbonyl (C=O) groups is 1. The van der Waals surface area contributed by atoms with Gasteiger partial charge in [-0.1, -0.05) is 56.0 Å². The fraction of sp³-hybridized carbons (Fsp3) is 0.588. The van der Waals surface area contributed by atoms with Crippen LogP contribution in [0, 0.1) is 0 Å². The molecule has 0 heterocycles. The Morgan fingerprint density at radius 1 is 1.24 bits per heavy atom. The van der Waals surface area contributed by atoms with Crippen molar-refractivity contribution in [2.75, 3.05) is 6.54 Å². The number of amides is 1. The minimum atomic E-state index is -1.08. The van der Waals surface area contributed by atoms with Gasteiger partial charge >= 0.3 is 0 Å². The zero-order valence-electron chi connectivity index (χ0n) is 12.8. The van der Waals surface area contributed by atoms with Crippen LogP contribution in [0.25, 0.3) is 0 Å². The van der Waals surface area contributed by atoms with Gasteiger partial charge in [-0.05, 0) is 25.3 Å². The molecule has 116 valence electrons. The molecule has 1 atom stereocenters. The first-order valence-electron chi connectivity index (χ1n) is 7.79. The highest BCUT2D eigenvalue weighted by Crippen LogP contribution is 2.26. The van der Waals surface area contributed by atoms with Crippen molar-refractivity contribution in [3.63, 3.8) is 0 Å². The molecule has 1 amide bonds. The molecule has 1 aromatic rings. The van der Waals surface area contributed by atoms with Gasteiger partial charge in [0.25, 0.3) is 0 Å². The Bertz CT molecular complexity index is 463. The highest BCUT2D eigenvalue weighted by molar-refractivity contribution is 5.87. The summed E-state index contributed by atoms with van der Waals surface area (Å²) in [7, 11) is 0. The lowest BCUT2D eigenvalue weighted by Gasteiger charge is -2.30. The van der Waals surface area contributed by atoms with Crippen LogP contribution in [0.1, 0.15) is 51.0 Å². The molecule has 4 heteroatoms. The Hall–Kier alpha value is -1.39. The third kappa shape index (κ3) is 4.05. The minimum absolute atomic E-state index is 0.244. The van der Waals surface area contributed by atoms with Crippen LogP contribution in [0.2, 0.25) is 0 Å². The third-order valence-corrected chi connectivity index (χ3v) is 4.46.